The Labute approximate surface area is 140 Å². The van der Waals surface area contributed by atoms with Crippen LogP contribution < -0.4 is 0 Å². The second-order valence-electron chi connectivity index (χ2n) is 7.90. The normalized spacial score (nSPS) is 33.4. The van der Waals surface area contributed by atoms with E-state index < -0.39 is 20.5 Å². The van der Waals surface area contributed by atoms with Crippen molar-refractivity contribution in [2.75, 3.05) is 12.4 Å². The first-order chi connectivity index (χ1) is 10.6. The van der Waals surface area contributed by atoms with Gasteiger partial charge in [0.1, 0.15) is 6.61 Å². The largest absolute Gasteiger partial charge is 0.461 e. The van der Waals surface area contributed by atoms with Crippen LogP contribution in [0.3, 0.4) is 0 Å². The molecule has 0 N–H and O–H groups in total. The van der Waals surface area contributed by atoms with Crippen molar-refractivity contribution in [2.24, 2.45) is 17.8 Å². The van der Waals surface area contributed by atoms with Crippen molar-refractivity contribution in [2.45, 2.75) is 64.5 Å². The number of hydrogen-bond donors (Lipinski definition) is 0. The molecular formula is C18H30O4S. The summed E-state index contributed by atoms with van der Waals surface area (Å²) in [7, 11) is -3.20. The molecule has 0 spiro atoms. The second-order valence-corrected chi connectivity index (χ2v) is 10.6. The average Bonchev–Trinajstić information content (AvgIpc) is 2.68. The maximum Gasteiger partial charge on any atom is 0.310 e. The maximum atomic E-state index is 12.3. The molecule has 23 heavy (non-hydrogen) atoms. The van der Waals surface area contributed by atoms with Gasteiger partial charge in [0.2, 0.25) is 0 Å². The van der Waals surface area contributed by atoms with Gasteiger partial charge in [0.25, 0.3) is 0 Å². The quantitative estimate of drug-likeness (QED) is 0.579. The molecule has 1 atom stereocenters. The van der Waals surface area contributed by atoms with Gasteiger partial charge >= 0.3 is 5.97 Å². The van der Waals surface area contributed by atoms with Crippen molar-refractivity contribution < 1.29 is 17.9 Å². The average molecular weight is 343 g/mol. The van der Waals surface area contributed by atoms with E-state index in [0.717, 1.165) is 11.5 Å². The van der Waals surface area contributed by atoms with Crippen molar-refractivity contribution >= 4 is 15.8 Å². The molecule has 2 fully saturated rings. The van der Waals surface area contributed by atoms with Crippen molar-refractivity contribution in [3.8, 4) is 0 Å². The number of carbonyl (C=O) groups excluding carboxylic acids is 1. The summed E-state index contributed by atoms with van der Waals surface area (Å²) in [5, 5.41) is 0. The van der Waals surface area contributed by atoms with Crippen LogP contribution in [-0.4, -0.2) is 31.5 Å². The molecule has 0 aromatic heterocycles. The highest BCUT2D eigenvalue weighted by molar-refractivity contribution is 7.93. The third kappa shape index (κ3) is 4.17. The Morgan fingerprint density at radius 1 is 1.17 bits per heavy atom. The molecule has 2 rings (SSSR count). The van der Waals surface area contributed by atoms with E-state index in [2.05, 4.69) is 13.0 Å². The Hall–Kier alpha value is -0.840. The minimum Gasteiger partial charge on any atom is -0.461 e. The molecule has 1 aliphatic carbocycles. The fraction of sp³-hybridized carbons (Fsp3) is 0.833. The van der Waals surface area contributed by atoms with Gasteiger partial charge in [-0.05, 0) is 57.4 Å². The van der Waals surface area contributed by atoms with E-state index in [-0.39, 0.29) is 18.3 Å². The summed E-state index contributed by atoms with van der Waals surface area (Å²) >= 11 is 0. The lowest BCUT2D eigenvalue weighted by molar-refractivity contribution is -0.148. The van der Waals surface area contributed by atoms with E-state index in [4.69, 9.17) is 4.74 Å². The summed E-state index contributed by atoms with van der Waals surface area (Å²) < 4.78 is 28.4. The molecule has 0 bridgehead atoms. The molecule has 2 aliphatic rings. The van der Waals surface area contributed by atoms with Crippen molar-refractivity contribution in [1.29, 1.82) is 0 Å². The van der Waals surface area contributed by atoms with Crippen LogP contribution in [0.15, 0.2) is 11.6 Å². The molecule has 1 saturated carbocycles. The van der Waals surface area contributed by atoms with Gasteiger partial charge in [0, 0.05) is 0 Å². The molecule has 1 heterocycles. The van der Waals surface area contributed by atoms with Crippen LogP contribution in [0.25, 0.3) is 0 Å². The van der Waals surface area contributed by atoms with E-state index in [0.29, 0.717) is 12.3 Å². The highest BCUT2D eigenvalue weighted by atomic mass is 32.2. The Bertz CT molecular complexity index is 566. The van der Waals surface area contributed by atoms with Crippen LogP contribution in [0, 0.1) is 17.8 Å². The van der Waals surface area contributed by atoms with Crippen LogP contribution in [-0.2, 0) is 19.4 Å². The zero-order valence-electron chi connectivity index (χ0n) is 14.8. The van der Waals surface area contributed by atoms with Crippen molar-refractivity contribution in [1.82, 2.24) is 0 Å². The van der Waals surface area contributed by atoms with E-state index in [1.807, 2.05) is 6.92 Å². The predicted molar refractivity (Wildman–Crippen MR) is 91.8 cm³/mol. The van der Waals surface area contributed by atoms with E-state index in [1.54, 1.807) is 13.8 Å². The smallest absolute Gasteiger partial charge is 0.310 e. The summed E-state index contributed by atoms with van der Waals surface area (Å²) in [6.07, 6.45) is 7.55. The predicted octanol–water partition coefficient (Wildman–Crippen LogP) is 3.52. The molecule has 5 heteroatoms. The summed E-state index contributed by atoms with van der Waals surface area (Å²) in [5.74, 6) is 0.573. The number of rotatable bonds is 4. The van der Waals surface area contributed by atoms with Crippen molar-refractivity contribution in [3.63, 3.8) is 0 Å². The van der Waals surface area contributed by atoms with E-state index in [1.165, 1.54) is 25.7 Å². The molecule has 1 unspecified atom stereocenters. The van der Waals surface area contributed by atoms with Crippen LogP contribution in [0.5, 0.6) is 0 Å². The molecule has 1 saturated heterocycles. The molecule has 4 nitrogen and oxygen atoms in total. The monoisotopic (exact) mass is 342 g/mol. The fourth-order valence-electron chi connectivity index (χ4n) is 3.69. The SMILES string of the molecule is C/C(=C\C1CCC(C)CC1)COC(=O)C1CCS(=O)(=O)C1(C)C. The van der Waals surface area contributed by atoms with Gasteiger partial charge in [-0.1, -0.05) is 25.8 Å². The zero-order valence-corrected chi connectivity index (χ0v) is 15.6. The van der Waals surface area contributed by atoms with E-state index >= 15 is 0 Å². The minimum absolute atomic E-state index is 0.0782. The lowest BCUT2D eigenvalue weighted by atomic mass is 9.82. The molecular weight excluding hydrogens is 312 g/mol. The topological polar surface area (TPSA) is 60.4 Å². The van der Waals surface area contributed by atoms with Gasteiger partial charge in [0.05, 0.1) is 16.4 Å². The number of esters is 1. The Kier molecular flexibility index (Phi) is 5.59. The highest BCUT2D eigenvalue weighted by Crippen LogP contribution is 2.38. The van der Waals surface area contributed by atoms with Gasteiger partial charge in [-0.2, -0.15) is 0 Å². The zero-order chi connectivity index (χ0) is 17.3. The number of allylic oxidation sites excluding steroid dienone is 1. The van der Waals surface area contributed by atoms with Crippen LogP contribution in [0.2, 0.25) is 0 Å². The van der Waals surface area contributed by atoms with Gasteiger partial charge in [-0.25, -0.2) is 8.42 Å². The second kappa shape index (κ2) is 6.96. The molecule has 0 amide bonds. The van der Waals surface area contributed by atoms with Gasteiger partial charge in [-0.15, -0.1) is 0 Å². The third-order valence-electron chi connectivity index (χ3n) is 5.62. The first-order valence-electron chi connectivity index (χ1n) is 8.69. The fourth-order valence-corrected chi connectivity index (χ4v) is 5.41. The summed E-state index contributed by atoms with van der Waals surface area (Å²) in [5.41, 5.74) is 1.07. The lowest BCUT2D eigenvalue weighted by Gasteiger charge is -2.25. The molecule has 0 radical (unpaired) electrons. The summed E-state index contributed by atoms with van der Waals surface area (Å²) in [6, 6.07) is 0. The Balaban J connectivity index is 1.87. The Morgan fingerprint density at radius 3 is 2.30 bits per heavy atom. The van der Waals surface area contributed by atoms with E-state index in [9.17, 15) is 13.2 Å². The molecule has 0 aromatic rings. The molecule has 0 aromatic carbocycles. The Morgan fingerprint density at radius 2 is 1.78 bits per heavy atom. The van der Waals surface area contributed by atoms with Crippen LogP contribution in [0.4, 0.5) is 0 Å². The highest BCUT2D eigenvalue weighted by Gasteiger charge is 2.51. The maximum absolute atomic E-state index is 12.3. The first-order valence-corrected chi connectivity index (χ1v) is 10.3. The molecule has 132 valence electrons. The van der Waals surface area contributed by atoms with Gasteiger partial charge in [-0.3, -0.25) is 4.79 Å². The third-order valence-corrected chi connectivity index (χ3v) is 8.28. The lowest BCUT2D eigenvalue weighted by Crippen LogP contribution is -2.38. The van der Waals surface area contributed by atoms with Crippen molar-refractivity contribution in [3.05, 3.63) is 11.6 Å². The number of carbonyl (C=O) groups is 1. The minimum atomic E-state index is -3.20. The van der Waals surface area contributed by atoms with Gasteiger partial charge in [0.15, 0.2) is 9.84 Å². The number of sulfone groups is 1. The standard InChI is InChI=1S/C18H30O4S/c1-13-5-7-15(8-6-13)11-14(2)12-22-17(19)16-9-10-23(20,21)18(16,3)4/h11,13,15-16H,5-10,12H2,1-4H3/b14-11+. The van der Waals surface area contributed by atoms with Crippen LogP contribution in [0.1, 0.15) is 59.8 Å². The summed E-state index contributed by atoms with van der Waals surface area (Å²) in [6.45, 7) is 7.83. The number of hydrogen-bond acceptors (Lipinski definition) is 4. The summed E-state index contributed by atoms with van der Waals surface area (Å²) in [4.78, 5) is 12.3. The number of ether oxygens (including phenoxy) is 1. The van der Waals surface area contributed by atoms with Gasteiger partial charge < -0.3 is 4.74 Å². The first kappa shape index (κ1) is 18.5. The van der Waals surface area contributed by atoms with Crippen LogP contribution >= 0.6 is 0 Å². The molecule has 1 aliphatic heterocycles.